The van der Waals surface area contributed by atoms with E-state index in [0.29, 0.717) is 17.1 Å². The number of hydrogen-bond acceptors (Lipinski definition) is 5. The van der Waals surface area contributed by atoms with Crippen LogP contribution in [0.1, 0.15) is 13.8 Å². The molecule has 7 heteroatoms. The first-order chi connectivity index (χ1) is 11.4. The Hall–Kier alpha value is -2.54. The number of carbonyl (C=O) groups is 1. The van der Waals surface area contributed by atoms with Crippen LogP contribution in [0.5, 0.6) is 5.75 Å². The zero-order valence-electron chi connectivity index (χ0n) is 13.2. The summed E-state index contributed by atoms with van der Waals surface area (Å²) in [6.45, 7) is 3.39. The summed E-state index contributed by atoms with van der Waals surface area (Å²) >= 11 is 1.12. The molecule has 0 bridgehead atoms. The molecule has 2 N–H and O–H groups in total. The van der Waals surface area contributed by atoms with E-state index in [9.17, 15) is 9.18 Å². The van der Waals surface area contributed by atoms with Crippen LogP contribution in [-0.4, -0.2) is 17.1 Å². The van der Waals surface area contributed by atoms with Crippen LogP contribution in [0.2, 0.25) is 0 Å². The molecule has 2 aromatic carbocycles. The Morgan fingerprint density at radius 1 is 1.25 bits per heavy atom. The highest BCUT2D eigenvalue weighted by Crippen LogP contribution is 2.43. The molecule has 2 aromatic rings. The van der Waals surface area contributed by atoms with E-state index in [4.69, 9.17) is 10.1 Å². The zero-order valence-corrected chi connectivity index (χ0v) is 14.0. The summed E-state index contributed by atoms with van der Waals surface area (Å²) in [6.07, 6.45) is 0. The number of fused-ring (bicyclic) bond motifs is 1. The fourth-order valence-corrected chi connectivity index (χ4v) is 2.81. The molecule has 1 aliphatic heterocycles. The second kappa shape index (κ2) is 6.16. The van der Waals surface area contributed by atoms with Crippen LogP contribution in [0, 0.1) is 11.2 Å². The van der Waals surface area contributed by atoms with Crippen LogP contribution < -0.4 is 14.4 Å². The molecule has 0 aromatic heterocycles. The first kappa shape index (κ1) is 16.3. The molecule has 0 spiro atoms. The van der Waals surface area contributed by atoms with Gasteiger partial charge in [0.25, 0.3) is 5.91 Å². The molecule has 5 nitrogen and oxygen atoms in total. The molecule has 1 amide bonds. The first-order valence-corrected chi connectivity index (χ1v) is 8.14. The van der Waals surface area contributed by atoms with Gasteiger partial charge >= 0.3 is 0 Å². The third-order valence-corrected chi connectivity index (χ3v) is 4.08. The fourth-order valence-electron chi connectivity index (χ4n) is 2.49. The van der Waals surface area contributed by atoms with Crippen LogP contribution in [0.3, 0.4) is 0 Å². The minimum Gasteiger partial charge on any atom is -0.476 e. The number of rotatable bonds is 4. The SMILES string of the molecule is CC1(C)Oc2cc(NSC=N)ccc2N(c2ccc(F)cc2)C1=O. The van der Waals surface area contributed by atoms with Gasteiger partial charge < -0.3 is 14.9 Å². The van der Waals surface area contributed by atoms with Gasteiger partial charge in [0.2, 0.25) is 0 Å². The zero-order chi connectivity index (χ0) is 17.3. The van der Waals surface area contributed by atoms with Gasteiger partial charge in [-0.2, -0.15) is 0 Å². The van der Waals surface area contributed by atoms with Gasteiger partial charge in [-0.05, 0) is 62.2 Å². The van der Waals surface area contributed by atoms with Gasteiger partial charge in [-0.15, -0.1) is 0 Å². The summed E-state index contributed by atoms with van der Waals surface area (Å²) in [6, 6.07) is 11.1. The van der Waals surface area contributed by atoms with Gasteiger partial charge in [0.1, 0.15) is 11.6 Å². The molecule has 0 unspecified atom stereocenters. The van der Waals surface area contributed by atoms with Crippen LogP contribution >= 0.6 is 11.9 Å². The van der Waals surface area contributed by atoms with E-state index >= 15 is 0 Å². The maximum Gasteiger partial charge on any atom is 0.275 e. The molecule has 0 saturated heterocycles. The van der Waals surface area contributed by atoms with Gasteiger partial charge in [-0.1, -0.05) is 0 Å². The minimum atomic E-state index is -1.05. The van der Waals surface area contributed by atoms with Crippen LogP contribution in [0.4, 0.5) is 21.5 Å². The van der Waals surface area contributed by atoms with Crippen molar-refractivity contribution in [3.63, 3.8) is 0 Å². The van der Waals surface area contributed by atoms with Gasteiger partial charge in [-0.25, -0.2) is 4.39 Å². The minimum absolute atomic E-state index is 0.226. The Balaban J connectivity index is 2.07. The summed E-state index contributed by atoms with van der Waals surface area (Å²) in [5.41, 5.74) is 2.06. The molecule has 24 heavy (non-hydrogen) atoms. The average molecular weight is 345 g/mol. The van der Waals surface area contributed by atoms with Crippen LogP contribution in [-0.2, 0) is 4.79 Å². The summed E-state index contributed by atoms with van der Waals surface area (Å²) in [4.78, 5) is 14.3. The van der Waals surface area contributed by atoms with E-state index in [1.165, 1.54) is 22.6 Å². The maximum atomic E-state index is 13.2. The van der Waals surface area contributed by atoms with Crippen molar-refractivity contribution in [2.75, 3.05) is 9.62 Å². The van der Waals surface area contributed by atoms with Crippen molar-refractivity contribution in [1.29, 1.82) is 5.41 Å². The average Bonchev–Trinajstić information content (AvgIpc) is 2.55. The predicted octanol–water partition coefficient (Wildman–Crippen LogP) is 4.33. The van der Waals surface area contributed by atoms with Crippen molar-refractivity contribution in [3.8, 4) is 5.75 Å². The summed E-state index contributed by atoms with van der Waals surface area (Å²) in [5.74, 6) is -0.0437. The molecule has 0 saturated carbocycles. The molecule has 124 valence electrons. The quantitative estimate of drug-likeness (QED) is 0.492. The lowest BCUT2D eigenvalue weighted by molar-refractivity contribution is -0.131. The summed E-state index contributed by atoms with van der Waals surface area (Å²) in [5, 5.41) is 7.05. The summed E-state index contributed by atoms with van der Waals surface area (Å²) < 4.78 is 22.1. The number of amides is 1. The Kier molecular flexibility index (Phi) is 4.19. The Labute approximate surface area is 143 Å². The molecule has 0 radical (unpaired) electrons. The largest absolute Gasteiger partial charge is 0.476 e. The highest BCUT2D eigenvalue weighted by atomic mass is 32.2. The van der Waals surface area contributed by atoms with E-state index in [0.717, 1.165) is 17.6 Å². The molecule has 1 heterocycles. The molecule has 0 atom stereocenters. The normalized spacial score (nSPS) is 15.5. The lowest BCUT2D eigenvalue weighted by atomic mass is 10.0. The van der Waals surface area contributed by atoms with Crippen LogP contribution in [0.15, 0.2) is 42.5 Å². The number of carbonyl (C=O) groups excluding carboxylic acids is 1. The van der Waals surface area contributed by atoms with E-state index in [1.807, 2.05) is 0 Å². The topological polar surface area (TPSA) is 65.4 Å². The molecule has 3 rings (SSSR count). The van der Waals surface area contributed by atoms with E-state index in [-0.39, 0.29) is 11.7 Å². The van der Waals surface area contributed by atoms with Crippen molar-refractivity contribution in [3.05, 3.63) is 48.3 Å². The van der Waals surface area contributed by atoms with E-state index < -0.39 is 5.60 Å². The lowest BCUT2D eigenvalue weighted by Gasteiger charge is -2.38. The van der Waals surface area contributed by atoms with Gasteiger partial charge in [-0.3, -0.25) is 9.69 Å². The van der Waals surface area contributed by atoms with Gasteiger partial charge in [0.15, 0.2) is 5.60 Å². The van der Waals surface area contributed by atoms with Crippen molar-refractivity contribution in [2.45, 2.75) is 19.4 Å². The van der Waals surface area contributed by atoms with Gasteiger partial charge in [0.05, 0.1) is 11.2 Å². The highest BCUT2D eigenvalue weighted by molar-refractivity contribution is 8.13. The maximum absolute atomic E-state index is 13.2. The second-order valence-electron chi connectivity index (χ2n) is 5.75. The number of anilines is 3. The van der Waals surface area contributed by atoms with Crippen molar-refractivity contribution in [2.24, 2.45) is 0 Å². The van der Waals surface area contributed by atoms with E-state index in [2.05, 4.69) is 4.72 Å². The smallest absolute Gasteiger partial charge is 0.275 e. The Morgan fingerprint density at radius 3 is 2.62 bits per heavy atom. The number of halogens is 1. The summed E-state index contributed by atoms with van der Waals surface area (Å²) in [7, 11) is 0. The number of nitrogens with zero attached hydrogens (tertiary/aromatic N) is 1. The highest BCUT2D eigenvalue weighted by Gasteiger charge is 2.41. The first-order valence-electron chi connectivity index (χ1n) is 7.26. The van der Waals surface area contributed by atoms with E-state index in [1.54, 1.807) is 44.2 Å². The van der Waals surface area contributed by atoms with Crippen molar-refractivity contribution >= 4 is 40.5 Å². The molecule has 1 aliphatic rings. The third kappa shape index (κ3) is 2.94. The number of hydrogen-bond donors (Lipinski definition) is 2. The number of ether oxygens (including phenoxy) is 1. The Bertz CT molecular complexity index is 793. The number of benzene rings is 2. The predicted molar refractivity (Wildman–Crippen MR) is 94.7 cm³/mol. The Morgan fingerprint density at radius 2 is 1.96 bits per heavy atom. The monoisotopic (exact) mass is 345 g/mol. The third-order valence-electron chi connectivity index (χ3n) is 3.60. The second-order valence-corrected chi connectivity index (χ2v) is 6.43. The molecular weight excluding hydrogens is 329 g/mol. The molecule has 0 aliphatic carbocycles. The lowest BCUT2D eigenvalue weighted by Crippen LogP contribution is -2.50. The van der Waals surface area contributed by atoms with Gasteiger partial charge in [0, 0.05) is 17.4 Å². The van der Waals surface area contributed by atoms with Crippen LogP contribution in [0.25, 0.3) is 0 Å². The molecule has 0 fully saturated rings. The van der Waals surface area contributed by atoms with Crippen molar-refractivity contribution < 1.29 is 13.9 Å². The fraction of sp³-hybridized carbons (Fsp3) is 0.176. The number of nitrogens with one attached hydrogen (secondary N) is 2. The standard InChI is InChI=1S/C17H16FN3O2S/c1-17(2)16(22)21(13-6-3-11(18)4-7-13)14-8-5-12(20-24-10-19)9-15(14)23-17/h3-10,19-20H,1-2H3. The van der Waals surface area contributed by atoms with Crippen molar-refractivity contribution in [1.82, 2.24) is 0 Å². The molecular formula is C17H16FN3O2S.